The van der Waals surface area contributed by atoms with E-state index in [0.717, 1.165) is 15.7 Å². The number of nitrogens with zero attached hydrogens (tertiary/aromatic N) is 3. The Hall–Kier alpha value is -1.56. The van der Waals surface area contributed by atoms with Crippen LogP contribution in [0.5, 0.6) is 0 Å². The molecule has 5 nitrogen and oxygen atoms in total. The van der Waals surface area contributed by atoms with Gasteiger partial charge < -0.3 is 4.74 Å². The first kappa shape index (κ1) is 14.8. The van der Waals surface area contributed by atoms with E-state index < -0.39 is 5.60 Å². The number of ether oxygens (including phenoxy) is 1. The van der Waals surface area contributed by atoms with Gasteiger partial charge in [-0.3, -0.25) is 4.90 Å². The number of carbonyl (C=O) groups is 1. The second-order valence-corrected chi connectivity index (χ2v) is 6.29. The molecule has 0 aliphatic carbocycles. The number of hydrogen-bond donors (Lipinski definition) is 0. The van der Waals surface area contributed by atoms with E-state index in [4.69, 9.17) is 4.74 Å². The van der Waals surface area contributed by atoms with Gasteiger partial charge in [0.2, 0.25) is 0 Å². The van der Waals surface area contributed by atoms with Crippen molar-refractivity contribution in [3.05, 3.63) is 29.0 Å². The number of halogens is 1. The van der Waals surface area contributed by atoms with E-state index >= 15 is 0 Å². The molecule has 0 atom stereocenters. The van der Waals surface area contributed by atoms with Gasteiger partial charge in [-0.1, -0.05) is 0 Å². The Morgan fingerprint density at radius 1 is 1.50 bits per heavy atom. The van der Waals surface area contributed by atoms with Gasteiger partial charge in [0.25, 0.3) is 0 Å². The minimum atomic E-state index is -0.508. The standard InChI is InChI=1S/C14H18BrN3O2/c1-5-17(13(19)20-14(2,3)4)10-6-7-18-12(8-10)11(15)9-16-18/h6-9H,5H2,1-4H3. The van der Waals surface area contributed by atoms with Gasteiger partial charge in [0.1, 0.15) is 5.60 Å². The zero-order chi connectivity index (χ0) is 14.9. The van der Waals surface area contributed by atoms with Crippen LogP contribution in [0.25, 0.3) is 5.52 Å². The monoisotopic (exact) mass is 339 g/mol. The van der Waals surface area contributed by atoms with Crippen LogP contribution in [-0.2, 0) is 4.74 Å². The maximum absolute atomic E-state index is 12.2. The third-order valence-corrected chi connectivity index (χ3v) is 3.31. The van der Waals surface area contributed by atoms with Crippen LogP contribution in [0.4, 0.5) is 10.5 Å². The van der Waals surface area contributed by atoms with Gasteiger partial charge in [-0.05, 0) is 55.8 Å². The molecule has 2 aromatic heterocycles. The molecule has 0 aliphatic heterocycles. The minimum absolute atomic E-state index is 0.347. The fourth-order valence-corrected chi connectivity index (χ4v) is 2.23. The lowest BCUT2D eigenvalue weighted by Crippen LogP contribution is -2.36. The molecule has 20 heavy (non-hydrogen) atoms. The second kappa shape index (κ2) is 5.44. The predicted molar refractivity (Wildman–Crippen MR) is 82.1 cm³/mol. The number of rotatable bonds is 2. The summed E-state index contributed by atoms with van der Waals surface area (Å²) in [5.41, 5.74) is 1.19. The predicted octanol–water partition coefficient (Wildman–Crippen LogP) is 3.86. The van der Waals surface area contributed by atoms with Crippen LogP contribution >= 0.6 is 15.9 Å². The molecule has 0 aliphatic rings. The summed E-state index contributed by atoms with van der Waals surface area (Å²) in [5, 5.41) is 4.18. The number of hydrogen-bond acceptors (Lipinski definition) is 3. The zero-order valence-corrected chi connectivity index (χ0v) is 13.6. The molecule has 0 radical (unpaired) electrons. The molecule has 108 valence electrons. The molecule has 0 saturated carbocycles. The number of carbonyl (C=O) groups excluding carboxylic acids is 1. The second-order valence-electron chi connectivity index (χ2n) is 5.43. The van der Waals surface area contributed by atoms with Gasteiger partial charge in [-0.25, -0.2) is 9.31 Å². The van der Waals surface area contributed by atoms with Crippen molar-refractivity contribution in [1.29, 1.82) is 0 Å². The molecule has 1 amide bonds. The van der Waals surface area contributed by atoms with E-state index in [-0.39, 0.29) is 6.09 Å². The summed E-state index contributed by atoms with van der Waals surface area (Å²) < 4.78 is 8.06. The van der Waals surface area contributed by atoms with Gasteiger partial charge >= 0.3 is 6.09 Å². The van der Waals surface area contributed by atoms with Gasteiger partial charge in [-0.2, -0.15) is 5.10 Å². The molecule has 0 bridgehead atoms. The summed E-state index contributed by atoms with van der Waals surface area (Å²) >= 11 is 3.44. The van der Waals surface area contributed by atoms with Crippen molar-refractivity contribution in [2.45, 2.75) is 33.3 Å². The molecule has 6 heteroatoms. The molecular formula is C14H18BrN3O2. The first-order valence-corrected chi connectivity index (χ1v) is 7.24. The number of fused-ring (bicyclic) bond motifs is 1. The van der Waals surface area contributed by atoms with Crippen LogP contribution < -0.4 is 4.90 Å². The molecule has 2 heterocycles. The lowest BCUT2D eigenvalue weighted by molar-refractivity contribution is 0.0582. The normalized spacial score (nSPS) is 11.7. The summed E-state index contributed by atoms with van der Waals surface area (Å²) in [4.78, 5) is 13.8. The van der Waals surface area contributed by atoms with E-state index in [2.05, 4.69) is 21.0 Å². The van der Waals surface area contributed by atoms with E-state index in [9.17, 15) is 4.79 Å². The lowest BCUT2D eigenvalue weighted by Gasteiger charge is -2.26. The van der Waals surface area contributed by atoms with Crippen molar-refractivity contribution in [3.63, 3.8) is 0 Å². The molecule has 2 rings (SSSR count). The van der Waals surface area contributed by atoms with Crippen LogP contribution in [0.1, 0.15) is 27.7 Å². The minimum Gasteiger partial charge on any atom is -0.443 e. The van der Waals surface area contributed by atoms with Gasteiger partial charge in [0.05, 0.1) is 21.9 Å². The Morgan fingerprint density at radius 2 is 2.20 bits per heavy atom. The van der Waals surface area contributed by atoms with Gasteiger partial charge in [0, 0.05) is 12.7 Å². The largest absolute Gasteiger partial charge is 0.443 e. The fraction of sp³-hybridized carbons (Fsp3) is 0.429. The van der Waals surface area contributed by atoms with Crippen LogP contribution in [0.2, 0.25) is 0 Å². The highest BCUT2D eigenvalue weighted by atomic mass is 79.9. The van der Waals surface area contributed by atoms with Crippen molar-refractivity contribution >= 4 is 33.2 Å². The highest BCUT2D eigenvalue weighted by molar-refractivity contribution is 9.10. The van der Waals surface area contributed by atoms with Crippen LogP contribution in [0, 0.1) is 0 Å². The number of anilines is 1. The number of amides is 1. The highest BCUT2D eigenvalue weighted by Gasteiger charge is 2.22. The van der Waals surface area contributed by atoms with Crippen molar-refractivity contribution < 1.29 is 9.53 Å². The summed E-state index contributed by atoms with van der Waals surface area (Å²) in [6.07, 6.45) is 3.20. The SMILES string of the molecule is CCN(C(=O)OC(C)(C)C)c1ccn2ncc(Br)c2c1. The van der Waals surface area contributed by atoms with Crippen LogP contribution in [-0.4, -0.2) is 27.9 Å². The zero-order valence-electron chi connectivity index (χ0n) is 12.1. The summed E-state index contributed by atoms with van der Waals surface area (Å²) in [6.45, 7) is 8.02. The Kier molecular flexibility index (Phi) is 4.04. The molecular weight excluding hydrogens is 322 g/mol. The van der Waals surface area contributed by atoms with Crippen molar-refractivity contribution in [2.75, 3.05) is 11.4 Å². The lowest BCUT2D eigenvalue weighted by atomic mass is 10.2. The van der Waals surface area contributed by atoms with Crippen LogP contribution in [0.3, 0.4) is 0 Å². The third kappa shape index (κ3) is 3.12. The number of pyridine rings is 1. The average molecular weight is 340 g/mol. The molecule has 2 aromatic rings. The Balaban J connectivity index is 2.33. The number of aromatic nitrogens is 2. The van der Waals surface area contributed by atoms with E-state index in [1.54, 1.807) is 15.6 Å². The first-order chi connectivity index (χ1) is 9.31. The van der Waals surface area contributed by atoms with E-state index in [1.807, 2.05) is 46.0 Å². The highest BCUT2D eigenvalue weighted by Crippen LogP contribution is 2.24. The van der Waals surface area contributed by atoms with Gasteiger partial charge in [-0.15, -0.1) is 0 Å². The Morgan fingerprint density at radius 3 is 2.80 bits per heavy atom. The maximum atomic E-state index is 12.2. The molecule has 0 N–H and O–H groups in total. The first-order valence-electron chi connectivity index (χ1n) is 6.45. The van der Waals surface area contributed by atoms with Crippen molar-refractivity contribution in [3.8, 4) is 0 Å². The molecule has 0 saturated heterocycles. The third-order valence-electron chi connectivity index (χ3n) is 2.70. The Labute approximate surface area is 126 Å². The summed E-state index contributed by atoms with van der Waals surface area (Å²) in [5.74, 6) is 0. The van der Waals surface area contributed by atoms with E-state index in [0.29, 0.717) is 6.54 Å². The molecule has 0 unspecified atom stereocenters. The smallest absolute Gasteiger partial charge is 0.414 e. The summed E-state index contributed by atoms with van der Waals surface area (Å²) in [7, 11) is 0. The van der Waals surface area contributed by atoms with E-state index in [1.165, 1.54) is 0 Å². The van der Waals surface area contributed by atoms with Crippen molar-refractivity contribution in [2.24, 2.45) is 0 Å². The quantitative estimate of drug-likeness (QED) is 0.834. The summed E-state index contributed by atoms with van der Waals surface area (Å²) in [6, 6.07) is 3.75. The topological polar surface area (TPSA) is 46.8 Å². The van der Waals surface area contributed by atoms with Crippen LogP contribution in [0.15, 0.2) is 29.0 Å². The van der Waals surface area contributed by atoms with Crippen molar-refractivity contribution in [1.82, 2.24) is 9.61 Å². The average Bonchev–Trinajstić information content (AvgIpc) is 2.70. The molecule has 0 aromatic carbocycles. The van der Waals surface area contributed by atoms with Gasteiger partial charge in [0.15, 0.2) is 0 Å². The molecule has 0 spiro atoms. The Bertz CT molecular complexity index is 631. The maximum Gasteiger partial charge on any atom is 0.414 e. The molecule has 0 fully saturated rings. The fourth-order valence-electron chi connectivity index (χ4n) is 1.84.